The Hall–Kier alpha value is -5.87. The first-order valence-corrected chi connectivity index (χ1v) is 50.4. The molecule has 4 N–H and O–H groups in total. The van der Waals surface area contributed by atoms with E-state index >= 15 is 0 Å². The molecule has 16 nitrogen and oxygen atoms in total. The van der Waals surface area contributed by atoms with Crippen LogP contribution in [0, 0.1) is 0 Å². The van der Waals surface area contributed by atoms with Gasteiger partial charge in [0, 0.05) is 19.3 Å². The summed E-state index contributed by atoms with van der Waals surface area (Å²) in [7, 11) is -9.84. The Morgan fingerprint density at radius 3 is 0.669 bits per heavy atom. The van der Waals surface area contributed by atoms with Crippen molar-refractivity contribution in [3.8, 4) is 0 Å². The summed E-state index contributed by atoms with van der Waals surface area (Å²) >= 11 is 0. The van der Waals surface area contributed by atoms with Crippen LogP contribution in [0.5, 0.6) is 0 Å². The third kappa shape index (κ3) is 94.6. The Morgan fingerprint density at radius 1 is 0.231 bits per heavy atom. The number of aliphatic hydroxyl groups excluding tert-OH is 2. The van der Waals surface area contributed by atoms with Gasteiger partial charge in [0.05, 0.1) is 26.4 Å². The van der Waals surface area contributed by atoms with Gasteiger partial charge in [0.2, 0.25) is 0 Å². The fourth-order valence-electron chi connectivity index (χ4n) is 12.4. The topological polar surface area (TPSA) is 231 Å². The number of phosphoric acid groups is 2. The maximum Gasteiger partial charge on any atom is 0.472 e. The van der Waals surface area contributed by atoms with Crippen molar-refractivity contribution in [2.75, 3.05) is 39.6 Å². The molecule has 0 rings (SSSR count). The van der Waals surface area contributed by atoms with Gasteiger partial charge in [-0.3, -0.25) is 32.5 Å². The summed E-state index contributed by atoms with van der Waals surface area (Å²) in [5.41, 5.74) is 0. The number of phosphoric ester groups is 2. The highest BCUT2D eigenvalue weighted by molar-refractivity contribution is 7.47. The van der Waals surface area contributed by atoms with Crippen molar-refractivity contribution in [1.82, 2.24) is 0 Å². The highest BCUT2D eigenvalue weighted by atomic mass is 31.2. The summed E-state index contributed by atoms with van der Waals surface area (Å²) in [5, 5.41) is 20.8. The van der Waals surface area contributed by atoms with Gasteiger partial charge < -0.3 is 34.2 Å². The average Bonchev–Trinajstić information content (AvgIpc) is 0.913. The summed E-state index contributed by atoms with van der Waals surface area (Å²) in [5.74, 6) is -1.63. The molecule has 0 heterocycles. The van der Waals surface area contributed by atoms with E-state index in [1.807, 2.05) is 0 Å². The van der Waals surface area contributed by atoms with E-state index in [1.54, 1.807) is 0 Å². The number of hydrogen-bond acceptors (Lipinski definition) is 14. The summed E-state index contributed by atoms with van der Waals surface area (Å²) in [6.45, 7) is 2.31. The van der Waals surface area contributed by atoms with E-state index in [4.69, 9.17) is 32.3 Å². The molecule has 0 aromatic rings. The van der Waals surface area contributed by atoms with Crippen LogP contribution in [0.1, 0.15) is 367 Å². The van der Waals surface area contributed by atoms with Gasteiger partial charge in [-0.1, -0.05) is 388 Å². The summed E-state index contributed by atoms with van der Waals surface area (Å²) < 4.78 is 61.5. The molecule has 5 atom stereocenters. The number of rotatable bonds is 88. The molecule has 0 amide bonds. The first-order chi connectivity index (χ1) is 59.2. The van der Waals surface area contributed by atoms with Crippen LogP contribution in [0.25, 0.3) is 0 Å². The number of carbonyl (C=O) groups excluding carboxylic acids is 3. The van der Waals surface area contributed by atoms with Crippen molar-refractivity contribution >= 4 is 33.6 Å². The SMILES string of the molecule is CC/C=C\C/C=C\C/C=C\C/C=C\C/C=C\C/C=C\CCCCCCCCCCCCC(=O)OCC(COP(=O)(O)OCC(O)COP(=O)(O)OCC(O)COC(=O)CCCCCCCCCCCCCCCCCCCCC/C=C\C/C=C\C/C=C\C/C=C\C/C=C\CC)OC(=O)CCCC/C=C\C/C=C\C/C=C\C/C=C\C/C=C\C/C=C\CC. The minimum atomic E-state index is -4.96. The molecule has 0 aromatic heterocycles. The molecule has 0 saturated carbocycles. The number of unbranched alkanes of at least 4 members (excludes halogenated alkanes) is 31. The summed E-state index contributed by atoms with van der Waals surface area (Å²) in [6, 6.07) is 0. The number of carbonyl (C=O) groups is 3. The molecule has 0 bridgehead atoms. The molecule has 0 aliphatic carbocycles. The molecule has 5 unspecified atom stereocenters. The van der Waals surface area contributed by atoms with E-state index in [2.05, 4.69) is 227 Å². The monoisotopic (exact) mass is 1730 g/mol. The van der Waals surface area contributed by atoms with Crippen LogP contribution in [0.15, 0.2) is 207 Å². The number of aliphatic hydroxyl groups is 2. The lowest BCUT2D eigenvalue weighted by Crippen LogP contribution is -2.30. The van der Waals surface area contributed by atoms with Crippen LogP contribution < -0.4 is 0 Å². The second-order valence-electron chi connectivity index (χ2n) is 31.0. The predicted molar refractivity (Wildman–Crippen MR) is 509 cm³/mol. The van der Waals surface area contributed by atoms with Crippen LogP contribution in [-0.4, -0.2) is 95.9 Å². The average molecular weight is 1730 g/mol. The number of allylic oxidation sites excluding steroid dienone is 34. The highest BCUT2D eigenvalue weighted by Crippen LogP contribution is 2.45. The molecule has 18 heteroatoms. The Balaban J connectivity index is 4.58. The standard InChI is InChI=1S/C103H170O16P2/c1-4-7-10-13-16-19-22-25-28-31-34-37-39-41-43-45-46-47-48-49-50-52-54-55-57-60-62-65-68-71-74-77-80-83-86-89-101(106)113-92-98(104)93-115-120(109,110)116-94-99(105)95-117-121(111,112)118-97-100(119-103(108)91-88-85-82-79-76-73-70-67-64-59-36-33-30-27-24-21-18-15-12-9-6-3)96-114-102(107)90-87-84-81-78-75-72-69-66-63-61-58-56-53-51-44-42-40-38-35-32-29-26-23-20-17-14-11-8-5-2/h7-12,16-21,25-30,34-38,41-44,53,56,59,67,70,76,79,98-100,104-105H,4-6,13-15,22-24,31-33,39-40,45-52,54-55,57-58,60-66,68-69,71-75,77-78,80-97H2,1-3H3,(H,109,110)(H,111,112)/b10-7-,11-8-,12-9-,19-16-,20-17-,21-18-,28-25-,29-26-,30-27-,37-34-,38-35-,43-41-,44-42-,56-53-,59-36-,70-67-,79-76-. The van der Waals surface area contributed by atoms with Gasteiger partial charge in [-0.05, 0) is 167 Å². The molecule has 0 aromatic carbocycles. The van der Waals surface area contributed by atoms with Crippen molar-refractivity contribution in [3.05, 3.63) is 207 Å². The molecule has 0 aliphatic heterocycles. The molecule has 0 radical (unpaired) electrons. The summed E-state index contributed by atoms with van der Waals surface area (Å²) in [4.78, 5) is 59.0. The lowest BCUT2D eigenvalue weighted by atomic mass is 10.0. The fraction of sp³-hybridized carbons (Fsp3) is 0.641. The number of ether oxygens (including phenoxy) is 3. The normalized spacial score (nSPS) is 14.7. The Bertz CT molecular complexity index is 3030. The largest absolute Gasteiger partial charge is 0.472 e. The maximum atomic E-state index is 13.1. The van der Waals surface area contributed by atoms with Gasteiger partial charge in [0.15, 0.2) is 6.10 Å². The smallest absolute Gasteiger partial charge is 0.463 e. The second-order valence-corrected chi connectivity index (χ2v) is 33.9. The van der Waals surface area contributed by atoms with E-state index in [-0.39, 0.29) is 19.3 Å². The van der Waals surface area contributed by atoms with E-state index < -0.39 is 91.5 Å². The highest BCUT2D eigenvalue weighted by Gasteiger charge is 2.29. The van der Waals surface area contributed by atoms with Crippen LogP contribution in [-0.2, 0) is 55.8 Å². The fourth-order valence-corrected chi connectivity index (χ4v) is 14.0. The van der Waals surface area contributed by atoms with Crippen LogP contribution >= 0.6 is 15.6 Å². The van der Waals surface area contributed by atoms with Gasteiger partial charge in [0.1, 0.15) is 25.4 Å². The van der Waals surface area contributed by atoms with Gasteiger partial charge in [-0.2, -0.15) is 0 Å². The molecule has 0 fully saturated rings. The minimum Gasteiger partial charge on any atom is -0.463 e. The Morgan fingerprint density at radius 2 is 0.413 bits per heavy atom. The zero-order chi connectivity index (χ0) is 87.9. The van der Waals surface area contributed by atoms with Crippen molar-refractivity contribution < 1.29 is 75.8 Å². The molecule has 0 spiro atoms. The third-order valence-corrected chi connectivity index (χ3v) is 21.4. The quantitative estimate of drug-likeness (QED) is 0.0146. The molecule has 0 aliphatic rings. The van der Waals surface area contributed by atoms with Gasteiger partial charge in [-0.15, -0.1) is 0 Å². The van der Waals surface area contributed by atoms with Crippen LogP contribution in [0.3, 0.4) is 0 Å². The van der Waals surface area contributed by atoms with Crippen LogP contribution in [0.4, 0.5) is 0 Å². The number of esters is 3. The minimum absolute atomic E-state index is 0.0417. The number of hydrogen-bond donors (Lipinski definition) is 4. The first-order valence-electron chi connectivity index (χ1n) is 47.4. The van der Waals surface area contributed by atoms with Crippen LogP contribution in [0.2, 0.25) is 0 Å². The predicted octanol–water partition coefficient (Wildman–Crippen LogP) is 29.6. The molecule has 0 saturated heterocycles. The lowest BCUT2D eigenvalue weighted by Gasteiger charge is -2.21. The molecule has 688 valence electrons. The third-order valence-electron chi connectivity index (χ3n) is 19.5. The van der Waals surface area contributed by atoms with Gasteiger partial charge in [-0.25, -0.2) is 9.13 Å². The zero-order valence-electron chi connectivity index (χ0n) is 75.9. The lowest BCUT2D eigenvalue weighted by molar-refractivity contribution is -0.161. The van der Waals surface area contributed by atoms with E-state index in [0.29, 0.717) is 25.7 Å². The first kappa shape index (κ1) is 115. The Kier molecular flexibility index (Phi) is 88.8. The maximum absolute atomic E-state index is 13.1. The summed E-state index contributed by atoms with van der Waals surface area (Å²) in [6.07, 6.45) is 126. The van der Waals surface area contributed by atoms with Crippen molar-refractivity contribution in [3.63, 3.8) is 0 Å². The van der Waals surface area contributed by atoms with Crippen molar-refractivity contribution in [2.24, 2.45) is 0 Å². The van der Waals surface area contributed by atoms with Crippen molar-refractivity contribution in [1.29, 1.82) is 0 Å². The van der Waals surface area contributed by atoms with Gasteiger partial charge in [0.25, 0.3) is 0 Å². The molecular formula is C103H170O16P2. The van der Waals surface area contributed by atoms with Gasteiger partial charge >= 0.3 is 33.6 Å². The van der Waals surface area contributed by atoms with E-state index in [9.17, 15) is 43.5 Å². The van der Waals surface area contributed by atoms with E-state index in [0.717, 1.165) is 167 Å². The molecule has 121 heavy (non-hydrogen) atoms. The molecular weight excluding hydrogens is 1560 g/mol. The second kappa shape index (κ2) is 93.3. The zero-order valence-corrected chi connectivity index (χ0v) is 77.7. The Labute approximate surface area is 737 Å². The van der Waals surface area contributed by atoms with Crippen molar-refractivity contribution in [2.45, 2.75) is 386 Å². The van der Waals surface area contributed by atoms with E-state index in [1.165, 1.54) is 135 Å².